The third-order valence-corrected chi connectivity index (χ3v) is 4.72. The Balaban J connectivity index is 2.14. The molecule has 29 heavy (non-hydrogen) atoms. The average molecular weight is 422 g/mol. The number of aliphatic hydroxyl groups is 6. The van der Waals surface area contributed by atoms with Gasteiger partial charge in [-0.2, -0.15) is 0 Å². The molecule has 2 rings (SSSR count). The fourth-order valence-corrected chi connectivity index (χ4v) is 3.22. The molecule has 6 N–H and O–H groups in total. The van der Waals surface area contributed by atoms with Crippen LogP contribution < -0.4 is 0 Å². The van der Waals surface area contributed by atoms with Crippen LogP contribution in [0.1, 0.15) is 0 Å². The van der Waals surface area contributed by atoms with Crippen LogP contribution in [0.3, 0.4) is 0 Å². The van der Waals surface area contributed by atoms with E-state index in [1.54, 1.807) is 0 Å². The summed E-state index contributed by atoms with van der Waals surface area (Å²) in [6, 6.07) is 0. The van der Waals surface area contributed by atoms with Gasteiger partial charge in [-0.05, 0) is 0 Å². The zero-order chi connectivity index (χ0) is 21.6. The lowest BCUT2D eigenvalue weighted by Crippen LogP contribution is -2.65. The standard InChI is InChI=1S/C18H30O11/c1-3-5-25-16-11(21)9(7-19)27-18(14(16)24)29-15-10(8-20)28-17(26-6-4-2)13(23)12(15)22/h3-4,9-24H,1-2,5-8H2/t9-,10-,11+,12-,13-,14-,15-,16+,17-,18+/m1/s1. The summed E-state index contributed by atoms with van der Waals surface area (Å²) in [5.74, 6) is 0. The molecule has 0 spiro atoms. The molecule has 0 saturated carbocycles. The molecular weight excluding hydrogens is 392 g/mol. The van der Waals surface area contributed by atoms with E-state index in [0.717, 1.165) is 0 Å². The maximum absolute atomic E-state index is 10.5. The molecule has 0 aromatic heterocycles. The van der Waals surface area contributed by atoms with Crippen LogP contribution in [0.15, 0.2) is 25.3 Å². The lowest BCUT2D eigenvalue weighted by atomic mass is 9.97. The van der Waals surface area contributed by atoms with Gasteiger partial charge in [0.25, 0.3) is 0 Å². The van der Waals surface area contributed by atoms with Crippen LogP contribution in [0.4, 0.5) is 0 Å². The van der Waals surface area contributed by atoms with Gasteiger partial charge in [-0.25, -0.2) is 0 Å². The van der Waals surface area contributed by atoms with Crippen LogP contribution in [0, 0.1) is 0 Å². The minimum absolute atomic E-state index is 0.0130. The van der Waals surface area contributed by atoms with Gasteiger partial charge in [-0.1, -0.05) is 12.2 Å². The van der Waals surface area contributed by atoms with Gasteiger partial charge in [-0.3, -0.25) is 0 Å². The summed E-state index contributed by atoms with van der Waals surface area (Å²) in [5.41, 5.74) is 0. The predicted molar refractivity (Wildman–Crippen MR) is 96.5 cm³/mol. The molecule has 0 bridgehead atoms. The minimum Gasteiger partial charge on any atom is -0.394 e. The van der Waals surface area contributed by atoms with E-state index in [1.165, 1.54) is 12.2 Å². The summed E-state index contributed by atoms with van der Waals surface area (Å²) >= 11 is 0. The first kappa shape index (κ1) is 24.3. The highest BCUT2D eigenvalue weighted by Gasteiger charge is 2.51. The largest absolute Gasteiger partial charge is 0.394 e. The van der Waals surface area contributed by atoms with Gasteiger partial charge in [0.15, 0.2) is 12.6 Å². The fraction of sp³-hybridized carbons (Fsp3) is 0.778. The van der Waals surface area contributed by atoms with Crippen LogP contribution in [-0.4, -0.2) is 118 Å². The number of rotatable bonds is 10. The van der Waals surface area contributed by atoms with E-state index >= 15 is 0 Å². The molecule has 2 fully saturated rings. The molecule has 0 aromatic rings. The number of hydrogen-bond donors (Lipinski definition) is 6. The Bertz CT molecular complexity index is 516. The smallest absolute Gasteiger partial charge is 0.187 e. The highest BCUT2D eigenvalue weighted by atomic mass is 16.7. The molecule has 0 aliphatic carbocycles. The molecule has 11 heteroatoms. The van der Waals surface area contributed by atoms with Crippen molar-refractivity contribution >= 4 is 0 Å². The van der Waals surface area contributed by atoms with E-state index in [1.807, 2.05) is 0 Å². The zero-order valence-electron chi connectivity index (χ0n) is 15.9. The van der Waals surface area contributed by atoms with Crippen molar-refractivity contribution in [3.8, 4) is 0 Å². The maximum Gasteiger partial charge on any atom is 0.187 e. The van der Waals surface area contributed by atoms with Gasteiger partial charge in [0, 0.05) is 0 Å². The molecule has 0 aromatic carbocycles. The summed E-state index contributed by atoms with van der Waals surface area (Å²) in [7, 11) is 0. The first-order chi connectivity index (χ1) is 13.9. The monoisotopic (exact) mass is 422 g/mol. The summed E-state index contributed by atoms with van der Waals surface area (Å²) in [6.45, 7) is 5.85. The van der Waals surface area contributed by atoms with Gasteiger partial charge < -0.3 is 54.3 Å². The average Bonchev–Trinajstić information content (AvgIpc) is 2.72. The van der Waals surface area contributed by atoms with Crippen LogP contribution in [0.2, 0.25) is 0 Å². The van der Waals surface area contributed by atoms with E-state index < -0.39 is 74.6 Å². The lowest BCUT2D eigenvalue weighted by molar-refractivity contribution is -0.360. The Morgan fingerprint density at radius 1 is 0.690 bits per heavy atom. The highest BCUT2D eigenvalue weighted by molar-refractivity contribution is 4.95. The second kappa shape index (κ2) is 11.4. The van der Waals surface area contributed by atoms with Crippen LogP contribution in [0.5, 0.6) is 0 Å². The van der Waals surface area contributed by atoms with Gasteiger partial charge >= 0.3 is 0 Å². The van der Waals surface area contributed by atoms with Crippen molar-refractivity contribution < 1.29 is 54.3 Å². The molecule has 10 atom stereocenters. The minimum atomic E-state index is -1.56. The Morgan fingerprint density at radius 2 is 1.28 bits per heavy atom. The third kappa shape index (κ3) is 5.60. The van der Waals surface area contributed by atoms with E-state index in [0.29, 0.717) is 0 Å². The summed E-state index contributed by atoms with van der Waals surface area (Å²) in [6.07, 6.45) is -10.5. The first-order valence-electron chi connectivity index (χ1n) is 9.24. The van der Waals surface area contributed by atoms with Crippen molar-refractivity contribution in [1.82, 2.24) is 0 Å². The van der Waals surface area contributed by atoms with Crippen LogP contribution in [0.25, 0.3) is 0 Å². The molecule has 2 heterocycles. The number of hydrogen-bond acceptors (Lipinski definition) is 11. The SMILES string of the molecule is C=CCO[C@@H]1O[C@H](CO)[C@@H](O[C@@H]2O[C@H](CO)[C@H](O)[C@H](OCC=C)[C@H]2O)[C@H](O)[C@H]1O. The Kier molecular flexibility index (Phi) is 9.59. The number of ether oxygens (including phenoxy) is 5. The van der Waals surface area contributed by atoms with Crippen molar-refractivity contribution in [3.63, 3.8) is 0 Å². The van der Waals surface area contributed by atoms with Gasteiger partial charge in [-0.15, -0.1) is 13.2 Å². The summed E-state index contributed by atoms with van der Waals surface area (Å²) < 4.78 is 27.0. The maximum atomic E-state index is 10.5. The van der Waals surface area contributed by atoms with Gasteiger partial charge in [0.05, 0.1) is 26.4 Å². The van der Waals surface area contributed by atoms with Crippen LogP contribution in [-0.2, 0) is 23.7 Å². The third-order valence-electron chi connectivity index (χ3n) is 4.72. The van der Waals surface area contributed by atoms with Crippen molar-refractivity contribution in [2.75, 3.05) is 26.4 Å². The Labute approximate surface area is 168 Å². The van der Waals surface area contributed by atoms with E-state index in [2.05, 4.69) is 13.2 Å². The van der Waals surface area contributed by atoms with Gasteiger partial charge in [0.1, 0.15) is 48.8 Å². The van der Waals surface area contributed by atoms with Gasteiger partial charge in [0.2, 0.25) is 0 Å². The zero-order valence-corrected chi connectivity index (χ0v) is 15.9. The predicted octanol–water partition coefficient (Wildman–Crippen LogP) is -2.98. The summed E-state index contributed by atoms with van der Waals surface area (Å²) in [4.78, 5) is 0. The first-order valence-corrected chi connectivity index (χ1v) is 9.24. The molecule has 2 aliphatic heterocycles. The van der Waals surface area contributed by atoms with Crippen molar-refractivity contribution in [3.05, 3.63) is 25.3 Å². The van der Waals surface area contributed by atoms with Crippen molar-refractivity contribution in [2.24, 2.45) is 0 Å². The second-order valence-corrected chi connectivity index (χ2v) is 6.72. The molecule has 2 saturated heterocycles. The van der Waals surface area contributed by atoms with Crippen molar-refractivity contribution in [1.29, 1.82) is 0 Å². The van der Waals surface area contributed by atoms with Crippen LogP contribution >= 0.6 is 0 Å². The van der Waals surface area contributed by atoms with Crippen molar-refractivity contribution in [2.45, 2.75) is 61.4 Å². The quantitative estimate of drug-likeness (QED) is 0.199. The van der Waals surface area contributed by atoms with E-state index in [-0.39, 0.29) is 13.2 Å². The fourth-order valence-electron chi connectivity index (χ4n) is 3.22. The lowest BCUT2D eigenvalue weighted by Gasteiger charge is -2.46. The second-order valence-electron chi connectivity index (χ2n) is 6.72. The number of aliphatic hydroxyl groups excluding tert-OH is 6. The molecule has 2 aliphatic rings. The molecule has 0 radical (unpaired) electrons. The normalized spacial score (nSPS) is 43.1. The van der Waals surface area contributed by atoms with E-state index in [9.17, 15) is 30.6 Å². The molecule has 0 unspecified atom stereocenters. The molecule has 11 nitrogen and oxygen atoms in total. The van der Waals surface area contributed by atoms with E-state index in [4.69, 9.17) is 23.7 Å². The Morgan fingerprint density at radius 3 is 1.86 bits per heavy atom. The topological polar surface area (TPSA) is 168 Å². The highest BCUT2D eigenvalue weighted by Crippen LogP contribution is 2.30. The summed E-state index contributed by atoms with van der Waals surface area (Å²) in [5, 5.41) is 60.5. The molecule has 0 amide bonds. The molecule has 168 valence electrons. The molecular formula is C18H30O11. The Hall–Kier alpha value is -0.960.